The zero-order chi connectivity index (χ0) is 17.8. The molecule has 0 saturated carbocycles. The van der Waals surface area contributed by atoms with Crippen LogP contribution in [0.1, 0.15) is 5.56 Å². The molecule has 0 aliphatic heterocycles. The van der Waals surface area contributed by atoms with Gasteiger partial charge in [0.25, 0.3) is 0 Å². The molecular formula is C22H18ClN3. The average Bonchev–Trinajstić information content (AvgIpc) is 3.12. The number of rotatable bonds is 5. The molecule has 1 heterocycles. The van der Waals surface area contributed by atoms with Gasteiger partial charge in [0.1, 0.15) is 0 Å². The summed E-state index contributed by atoms with van der Waals surface area (Å²) in [7, 11) is 0. The first kappa shape index (κ1) is 16.6. The summed E-state index contributed by atoms with van der Waals surface area (Å²) in [6.45, 7) is 0.780. The highest BCUT2D eigenvalue weighted by atomic mass is 35.5. The van der Waals surface area contributed by atoms with E-state index in [4.69, 9.17) is 11.6 Å². The Morgan fingerprint density at radius 1 is 0.692 bits per heavy atom. The molecule has 0 fully saturated rings. The number of halogens is 1. The molecule has 3 nitrogen and oxygen atoms in total. The Morgan fingerprint density at radius 2 is 1.31 bits per heavy atom. The lowest BCUT2D eigenvalue weighted by Gasteiger charge is -2.11. The van der Waals surface area contributed by atoms with E-state index in [2.05, 4.69) is 51.2 Å². The van der Waals surface area contributed by atoms with Crippen LogP contribution in [0.2, 0.25) is 5.02 Å². The van der Waals surface area contributed by atoms with Crippen molar-refractivity contribution < 1.29 is 0 Å². The molecule has 0 amide bonds. The number of nitrogens with zero attached hydrogens (tertiary/aromatic N) is 3. The smallest absolute Gasteiger partial charge is 0.165 e. The second-order valence-electron chi connectivity index (χ2n) is 6.08. The normalized spacial score (nSPS) is 10.8. The van der Waals surface area contributed by atoms with Gasteiger partial charge in [0, 0.05) is 17.7 Å². The largest absolute Gasteiger partial charge is 0.307 e. The van der Waals surface area contributed by atoms with E-state index >= 15 is 0 Å². The maximum absolute atomic E-state index is 6.42. The summed E-state index contributed by atoms with van der Waals surface area (Å²) in [6.07, 6.45) is 0.899. The number of hydrogen-bond acceptors (Lipinski definition) is 2. The van der Waals surface area contributed by atoms with E-state index in [-0.39, 0.29) is 0 Å². The maximum Gasteiger partial charge on any atom is 0.165 e. The lowest BCUT2D eigenvalue weighted by Crippen LogP contribution is -2.06. The van der Waals surface area contributed by atoms with Gasteiger partial charge >= 0.3 is 0 Å². The molecule has 4 aromatic rings. The quantitative estimate of drug-likeness (QED) is 0.470. The summed E-state index contributed by atoms with van der Waals surface area (Å²) >= 11 is 6.42. The number of aryl methyl sites for hydroxylation is 1. The summed E-state index contributed by atoms with van der Waals surface area (Å²) in [5.41, 5.74) is 3.23. The van der Waals surface area contributed by atoms with E-state index < -0.39 is 0 Å². The molecule has 128 valence electrons. The molecule has 0 radical (unpaired) electrons. The molecule has 4 rings (SSSR count). The van der Waals surface area contributed by atoms with Crippen molar-refractivity contribution in [3.05, 3.63) is 95.5 Å². The SMILES string of the molecule is Clc1ccccc1-c1nnc(-c2ccccc2)n1CCc1ccccc1. The molecule has 0 aliphatic rings. The monoisotopic (exact) mass is 359 g/mol. The van der Waals surface area contributed by atoms with Crippen LogP contribution in [0.4, 0.5) is 0 Å². The Kier molecular flexibility index (Phi) is 4.80. The fourth-order valence-electron chi connectivity index (χ4n) is 3.04. The predicted molar refractivity (Wildman–Crippen MR) is 106 cm³/mol. The third kappa shape index (κ3) is 3.39. The third-order valence-corrected chi connectivity index (χ3v) is 4.69. The van der Waals surface area contributed by atoms with E-state index in [1.54, 1.807) is 0 Å². The fraction of sp³-hybridized carbons (Fsp3) is 0.0909. The van der Waals surface area contributed by atoms with E-state index in [9.17, 15) is 0 Å². The summed E-state index contributed by atoms with van der Waals surface area (Å²) < 4.78 is 2.16. The Morgan fingerprint density at radius 3 is 2.04 bits per heavy atom. The van der Waals surface area contributed by atoms with Crippen molar-refractivity contribution in [1.82, 2.24) is 14.8 Å². The summed E-state index contributed by atoms with van der Waals surface area (Å²) in [5.74, 6) is 1.65. The molecule has 3 aromatic carbocycles. The van der Waals surface area contributed by atoms with Crippen molar-refractivity contribution in [3.63, 3.8) is 0 Å². The second-order valence-corrected chi connectivity index (χ2v) is 6.49. The van der Waals surface area contributed by atoms with Crippen LogP contribution in [0, 0.1) is 0 Å². The van der Waals surface area contributed by atoms with Crippen LogP contribution in [0.25, 0.3) is 22.8 Å². The van der Waals surface area contributed by atoms with Crippen LogP contribution < -0.4 is 0 Å². The molecule has 0 aliphatic carbocycles. The lowest BCUT2D eigenvalue weighted by molar-refractivity contribution is 0.707. The van der Waals surface area contributed by atoms with Gasteiger partial charge in [0.05, 0.1) is 5.02 Å². The van der Waals surface area contributed by atoms with Crippen molar-refractivity contribution in [2.75, 3.05) is 0 Å². The molecule has 0 atom stereocenters. The predicted octanol–water partition coefficient (Wildman–Crippen LogP) is 5.51. The van der Waals surface area contributed by atoms with Gasteiger partial charge in [0.15, 0.2) is 11.6 Å². The van der Waals surface area contributed by atoms with Gasteiger partial charge in [-0.1, -0.05) is 84.4 Å². The van der Waals surface area contributed by atoms with Gasteiger partial charge in [-0.05, 0) is 24.1 Å². The molecule has 1 aromatic heterocycles. The van der Waals surface area contributed by atoms with Crippen LogP contribution in [-0.4, -0.2) is 14.8 Å². The van der Waals surface area contributed by atoms with E-state index in [1.807, 2.05) is 48.5 Å². The standard InChI is InChI=1S/C22H18ClN3/c23-20-14-8-7-13-19(20)22-25-24-21(18-11-5-2-6-12-18)26(22)16-15-17-9-3-1-4-10-17/h1-14H,15-16H2. The third-order valence-electron chi connectivity index (χ3n) is 4.36. The molecule has 0 saturated heterocycles. The van der Waals surface area contributed by atoms with E-state index in [0.717, 1.165) is 35.7 Å². The maximum atomic E-state index is 6.42. The van der Waals surface area contributed by atoms with Crippen LogP contribution in [0.5, 0.6) is 0 Å². The van der Waals surface area contributed by atoms with Crippen LogP contribution in [0.15, 0.2) is 84.9 Å². The van der Waals surface area contributed by atoms with Gasteiger partial charge < -0.3 is 4.57 Å². The molecule has 0 bridgehead atoms. The lowest BCUT2D eigenvalue weighted by atomic mass is 10.1. The Hall–Kier alpha value is -2.91. The number of benzene rings is 3. The summed E-state index contributed by atoms with van der Waals surface area (Å²) in [6, 6.07) is 28.4. The first-order valence-electron chi connectivity index (χ1n) is 8.60. The second kappa shape index (κ2) is 7.54. The Balaban J connectivity index is 1.77. The molecule has 0 spiro atoms. The highest BCUT2D eigenvalue weighted by Crippen LogP contribution is 2.29. The molecule has 0 unspecified atom stereocenters. The number of aromatic nitrogens is 3. The van der Waals surface area contributed by atoms with Crippen molar-refractivity contribution in [3.8, 4) is 22.8 Å². The minimum Gasteiger partial charge on any atom is -0.307 e. The fourth-order valence-corrected chi connectivity index (χ4v) is 3.26. The molecule has 0 N–H and O–H groups in total. The first-order valence-corrected chi connectivity index (χ1v) is 8.98. The Bertz CT molecular complexity index is 994. The molecule has 26 heavy (non-hydrogen) atoms. The average molecular weight is 360 g/mol. The van der Waals surface area contributed by atoms with Gasteiger partial charge in [-0.2, -0.15) is 0 Å². The van der Waals surface area contributed by atoms with Gasteiger partial charge in [-0.25, -0.2) is 0 Å². The van der Waals surface area contributed by atoms with Crippen molar-refractivity contribution in [1.29, 1.82) is 0 Å². The van der Waals surface area contributed by atoms with Gasteiger partial charge in [0.2, 0.25) is 0 Å². The van der Waals surface area contributed by atoms with E-state index in [1.165, 1.54) is 5.56 Å². The number of hydrogen-bond donors (Lipinski definition) is 0. The minimum absolute atomic E-state index is 0.681. The van der Waals surface area contributed by atoms with Crippen molar-refractivity contribution >= 4 is 11.6 Å². The Labute approximate surface area is 157 Å². The van der Waals surface area contributed by atoms with E-state index in [0.29, 0.717) is 5.02 Å². The zero-order valence-electron chi connectivity index (χ0n) is 14.2. The topological polar surface area (TPSA) is 30.7 Å². The molecular weight excluding hydrogens is 342 g/mol. The molecule has 4 heteroatoms. The summed E-state index contributed by atoms with van der Waals surface area (Å²) in [4.78, 5) is 0. The minimum atomic E-state index is 0.681. The summed E-state index contributed by atoms with van der Waals surface area (Å²) in [5, 5.41) is 9.62. The van der Waals surface area contributed by atoms with Crippen molar-refractivity contribution in [2.45, 2.75) is 13.0 Å². The van der Waals surface area contributed by atoms with Crippen LogP contribution in [-0.2, 0) is 13.0 Å². The highest BCUT2D eigenvalue weighted by molar-refractivity contribution is 6.33. The zero-order valence-corrected chi connectivity index (χ0v) is 15.0. The first-order chi connectivity index (χ1) is 12.8. The van der Waals surface area contributed by atoms with Crippen LogP contribution in [0.3, 0.4) is 0 Å². The van der Waals surface area contributed by atoms with Gasteiger partial charge in [-0.3, -0.25) is 0 Å². The van der Waals surface area contributed by atoms with Crippen LogP contribution >= 0.6 is 11.6 Å². The highest BCUT2D eigenvalue weighted by Gasteiger charge is 2.17. The van der Waals surface area contributed by atoms with Crippen molar-refractivity contribution in [2.24, 2.45) is 0 Å². The van der Waals surface area contributed by atoms with Gasteiger partial charge in [-0.15, -0.1) is 10.2 Å².